The van der Waals surface area contributed by atoms with Gasteiger partial charge in [0.2, 0.25) is 0 Å². The third-order valence-electron chi connectivity index (χ3n) is 7.41. The molecule has 2 aromatic heterocycles. The molecule has 2 fully saturated rings. The van der Waals surface area contributed by atoms with E-state index in [2.05, 4.69) is 10.1 Å². The van der Waals surface area contributed by atoms with Crippen LogP contribution in [0.2, 0.25) is 0 Å². The molecule has 0 radical (unpaired) electrons. The predicted octanol–water partition coefficient (Wildman–Crippen LogP) is 6.46. The van der Waals surface area contributed by atoms with E-state index in [0.717, 1.165) is 30.6 Å². The number of anilines is 1. The number of carbonyl (C=O) groups is 1. The van der Waals surface area contributed by atoms with Crippen LogP contribution in [0.3, 0.4) is 0 Å². The number of benzene rings is 1. The van der Waals surface area contributed by atoms with Crippen molar-refractivity contribution in [1.29, 1.82) is 0 Å². The van der Waals surface area contributed by atoms with Crippen molar-refractivity contribution in [3.8, 4) is 5.75 Å². The highest BCUT2D eigenvalue weighted by Gasteiger charge is 2.41. The van der Waals surface area contributed by atoms with Gasteiger partial charge >= 0.3 is 11.9 Å². The fourth-order valence-corrected chi connectivity index (χ4v) is 7.47. The standard InChI is InChI=1S/C28H33F2N5O8S2/c1-28(2,3)43-27(36)34(23-15-44-16-31-23)45(39,40)25-20(29)12-17(13-21(25)30)42-22-9-5-4-8-18(22)19-14-33(32-26(19)35(37)38)24-10-6-7-11-41-24/h12-16,18,22,24H,4-11H2,1-3H3/t18-,22+,24?/m1/s1. The number of hydrogen-bond donors (Lipinski definition) is 0. The molecule has 3 aromatic rings. The summed E-state index contributed by atoms with van der Waals surface area (Å²) in [5, 5.41) is 17.4. The molecule has 0 N–H and O–H groups in total. The van der Waals surface area contributed by atoms with E-state index in [1.807, 2.05) is 0 Å². The van der Waals surface area contributed by atoms with Gasteiger partial charge in [-0.3, -0.25) is 0 Å². The van der Waals surface area contributed by atoms with Crippen LogP contribution in [0, 0.1) is 21.7 Å². The van der Waals surface area contributed by atoms with Crippen LogP contribution in [-0.2, 0) is 19.5 Å². The van der Waals surface area contributed by atoms with Crippen LogP contribution in [0.4, 0.5) is 25.2 Å². The van der Waals surface area contributed by atoms with Gasteiger partial charge in [0.1, 0.15) is 29.1 Å². The van der Waals surface area contributed by atoms with E-state index in [-0.39, 0.29) is 21.7 Å². The summed E-state index contributed by atoms with van der Waals surface area (Å²) in [5.74, 6) is -4.59. The Bertz CT molecular complexity index is 1630. The second-order valence-electron chi connectivity index (χ2n) is 11.8. The van der Waals surface area contributed by atoms with Crippen LogP contribution in [-0.4, -0.2) is 52.5 Å². The maximum Gasteiger partial charge on any atom is 0.430 e. The average Bonchev–Trinajstić information content (AvgIpc) is 3.63. The number of halogens is 2. The zero-order valence-electron chi connectivity index (χ0n) is 24.9. The first-order chi connectivity index (χ1) is 21.3. The molecule has 1 saturated heterocycles. The monoisotopic (exact) mass is 669 g/mol. The third kappa shape index (κ3) is 7.09. The first kappa shape index (κ1) is 32.7. The van der Waals surface area contributed by atoms with E-state index in [1.165, 1.54) is 36.3 Å². The number of hydrogen-bond acceptors (Lipinski definition) is 11. The molecule has 13 nitrogen and oxygen atoms in total. The molecule has 3 atom stereocenters. The van der Waals surface area contributed by atoms with Crippen molar-refractivity contribution in [2.45, 2.75) is 94.5 Å². The van der Waals surface area contributed by atoms with Crippen molar-refractivity contribution >= 4 is 39.1 Å². The molecular weight excluding hydrogens is 636 g/mol. The number of thiazole rings is 1. The van der Waals surface area contributed by atoms with Gasteiger partial charge in [-0.25, -0.2) is 27.0 Å². The number of ether oxygens (including phenoxy) is 3. The smallest absolute Gasteiger partial charge is 0.430 e. The molecule has 0 spiro atoms. The van der Waals surface area contributed by atoms with Crippen molar-refractivity contribution in [3.05, 3.63) is 56.5 Å². The highest BCUT2D eigenvalue weighted by atomic mass is 32.2. The molecule has 5 rings (SSSR count). The number of nitrogens with zero attached hydrogens (tertiary/aromatic N) is 5. The number of rotatable bonds is 8. The fraction of sp³-hybridized carbons (Fsp3) is 0.536. The topological polar surface area (TPSA) is 156 Å². The van der Waals surface area contributed by atoms with E-state index < -0.39 is 61.4 Å². The van der Waals surface area contributed by atoms with Crippen molar-refractivity contribution in [1.82, 2.24) is 14.8 Å². The number of amides is 1. The summed E-state index contributed by atoms with van der Waals surface area (Å²) >= 11 is 0.968. The Hall–Kier alpha value is -3.70. The van der Waals surface area contributed by atoms with Crippen LogP contribution >= 0.6 is 11.3 Å². The van der Waals surface area contributed by atoms with Crippen LogP contribution in [0.5, 0.6) is 5.75 Å². The zero-order chi connectivity index (χ0) is 32.5. The molecule has 1 aliphatic heterocycles. The lowest BCUT2D eigenvalue weighted by molar-refractivity contribution is -0.391. The molecule has 2 aliphatic rings. The second kappa shape index (κ2) is 13.0. The molecule has 3 heterocycles. The lowest BCUT2D eigenvalue weighted by Crippen LogP contribution is -2.41. The number of sulfonamides is 1. The van der Waals surface area contributed by atoms with E-state index in [4.69, 9.17) is 14.2 Å². The highest BCUT2D eigenvalue weighted by Crippen LogP contribution is 2.41. The van der Waals surface area contributed by atoms with Gasteiger partial charge in [-0.15, -0.1) is 15.6 Å². The van der Waals surface area contributed by atoms with Gasteiger partial charge in [0.05, 0.1) is 22.4 Å². The minimum Gasteiger partial charge on any atom is -0.490 e. The average molecular weight is 670 g/mol. The van der Waals surface area contributed by atoms with Crippen LogP contribution < -0.4 is 9.04 Å². The number of nitro groups is 1. The minimum absolute atomic E-state index is 0.112. The summed E-state index contributed by atoms with van der Waals surface area (Å²) in [4.78, 5) is 26.8. The zero-order valence-corrected chi connectivity index (χ0v) is 26.5. The number of carbonyl (C=O) groups excluding carboxylic acids is 1. The summed E-state index contributed by atoms with van der Waals surface area (Å²) in [6.45, 7) is 5.04. The van der Waals surface area contributed by atoms with Crippen molar-refractivity contribution in [2.24, 2.45) is 0 Å². The third-order valence-corrected chi connectivity index (χ3v) is 9.71. The summed E-state index contributed by atoms with van der Waals surface area (Å²) in [6, 6.07) is 1.42. The Balaban J connectivity index is 1.45. The fourth-order valence-electron chi connectivity index (χ4n) is 5.52. The predicted molar refractivity (Wildman–Crippen MR) is 158 cm³/mol. The van der Waals surface area contributed by atoms with Gasteiger partial charge in [-0.05, 0) is 64.2 Å². The molecule has 17 heteroatoms. The van der Waals surface area contributed by atoms with Crippen molar-refractivity contribution in [2.75, 3.05) is 10.9 Å². The molecule has 1 unspecified atom stereocenters. The van der Waals surface area contributed by atoms with Gasteiger partial charge in [0.15, 0.2) is 16.9 Å². The van der Waals surface area contributed by atoms with Gasteiger partial charge in [-0.2, -0.15) is 4.68 Å². The second-order valence-corrected chi connectivity index (χ2v) is 14.3. The lowest BCUT2D eigenvalue weighted by Gasteiger charge is -2.31. The molecule has 244 valence electrons. The van der Waals surface area contributed by atoms with E-state index in [1.54, 1.807) is 6.20 Å². The summed E-state index contributed by atoms with van der Waals surface area (Å²) in [7, 11) is -5.18. The van der Waals surface area contributed by atoms with E-state index in [9.17, 15) is 23.3 Å². The van der Waals surface area contributed by atoms with Crippen LogP contribution in [0.15, 0.2) is 34.1 Å². The normalized spacial score (nSPS) is 20.9. The molecule has 1 amide bonds. The Kier molecular flexibility index (Phi) is 9.41. The molecule has 1 aliphatic carbocycles. The van der Waals surface area contributed by atoms with Gasteiger partial charge in [0, 0.05) is 30.0 Å². The number of aromatic nitrogens is 3. The van der Waals surface area contributed by atoms with Gasteiger partial charge in [-0.1, -0.05) is 6.42 Å². The highest BCUT2D eigenvalue weighted by molar-refractivity contribution is 7.93. The quantitative estimate of drug-likeness (QED) is 0.193. The molecule has 0 bridgehead atoms. The minimum atomic E-state index is -5.18. The molecule has 1 aromatic carbocycles. The molecular formula is C28H33F2N5O8S2. The van der Waals surface area contributed by atoms with Gasteiger partial charge in [0.25, 0.3) is 10.0 Å². The van der Waals surface area contributed by atoms with Crippen molar-refractivity contribution in [3.63, 3.8) is 0 Å². The maximum atomic E-state index is 15.6. The Labute approximate surface area is 262 Å². The maximum absolute atomic E-state index is 15.6. The first-order valence-electron chi connectivity index (χ1n) is 14.4. The van der Waals surface area contributed by atoms with E-state index in [0.29, 0.717) is 50.0 Å². The Morgan fingerprint density at radius 1 is 1.16 bits per heavy atom. The lowest BCUT2D eigenvalue weighted by atomic mass is 9.82. The van der Waals surface area contributed by atoms with E-state index >= 15 is 8.78 Å². The Morgan fingerprint density at radius 2 is 1.84 bits per heavy atom. The summed E-state index contributed by atoms with van der Waals surface area (Å²) < 4.78 is 76.7. The molecule has 1 saturated carbocycles. The van der Waals surface area contributed by atoms with Crippen molar-refractivity contribution < 1.29 is 41.1 Å². The summed E-state index contributed by atoms with van der Waals surface area (Å²) in [5.41, 5.74) is 0.458. The molecule has 45 heavy (non-hydrogen) atoms. The largest absolute Gasteiger partial charge is 0.490 e. The Morgan fingerprint density at radius 3 is 2.44 bits per heavy atom. The summed E-state index contributed by atoms with van der Waals surface area (Å²) in [6.07, 6.45) is 3.84. The SMILES string of the molecule is CC(C)(C)OC(=O)N(c1cscn1)S(=O)(=O)c1c(F)cc(O[C@H]2CCCC[C@@H]2c2cn(C3CCCCO3)nc2[N+](=O)[O-])cc1F. The van der Waals surface area contributed by atoms with Gasteiger partial charge < -0.3 is 24.3 Å². The van der Waals surface area contributed by atoms with Crippen LogP contribution in [0.1, 0.15) is 83.4 Å². The van der Waals surface area contributed by atoms with Crippen LogP contribution in [0.25, 0.3) is 0 Å². The first-order valence-corrected chi connectivity index (χ1v) is 16.8.